The van der Waals surface area contributed by atoms with Crippen LogP contribution < -0.4 is 10.6 Å². The van der Waals surface area contributed by atoms with Crippen LogP contribution >= 0.6 is 0 Å². The van der Waals surface area contributed by atoms with E-state index in [-0.39, 0.29) is 0 Å². The minimum atomic E-state index is 0.721. The molecule has 2 N–H and O–H groups in total. The Labute approximate surface area is 86.6 Å². The van der Waals surface area contributed by atoms with Crippen molar-refractivity contribution in [3.05, 3.63) is 0 Å². The van der Waals surface area contributed by atoms with Crippen LogP contribution in [-0.2, 0) is 4.74 Å². The fraction of sp³-hybridized carbons (Fsp3) is 1.00. The van der Waals surface area contributed by atoms with Gasteiger partial charge in [-0.25, -0.2) is 0 Å². The highest BCUT2D eigenvalue weighted by Crippen LogP contribution is 2.12. The van der Waals surface area contributed by atoms with Crippen LogP contribution in [0, 0.1) is 5.92 Å². The van der Waals surface area contributed by atoms with Gasteiger partial charge >= 0.3 is 0 Å². The summed E-state index contributed by atoms with van der Waals surface area (Å²) < 4.78 is 5.34. The molecule has 14 heavy (non-hydrogen) atoms. The molecule has 0 aromatic rings. The van der Waals surface area contributed by atoms with Gasteiger partial charge in [0.05, 0.1) is 0 Å². The Kier molecular flexibility index (Phi) is 4.22. The number of hydrogen-bond donors (Lipinski definition) is 2. The lowest BCUT2D eigenvalue weighted by atomic mass is 9.97. The minimum absolute atomic E-state index is 0.721. The molecule has 2 heterocycles. The van der Waals surface area contributed by atoms with Crippen LogP contribution in [0.5, 0.6) is 0 Å². The van der Waals surface area contributed by atoms with Gasteiger partial charge in [0.25, 0.3) is 0 Å². The Morgan fingerprint density at radius 1 is 1.07 bits per heavy atom. The first-order chi connectivity index (χ1) is 6.95. The highest BCUT2D eigenvalue weighted by Gasteiger charge is 2.17. The zero-order valence-electron chi connectivity index (χ0n) is 8.93. The lowest BCUT2D eigenvalue weighted by molar-refractivity contribution is 0.0764. The van der Waals surface area contributed by atoms with E-state index >= 15 is 0 Å². The number of nitrogens with one attached hydrogen (secondary N) is 2. The van der Waals surface area contributed by atoms with Gasteiger partial charge in [-0.15, -0.1) is 0 Å². The second kappa shape index (κ2) is 5.69. The van der Waals surface area contributed by atoms with Crippen LogP contribution in [0.25, 0.3) is 0 Å². The summed E-state index contributed by atoms with van der Waals surface area (Å²) in [7, 11) is 0. The maximum Gasteiger partial charge on any atom is 0.0480 e. The van der Waals surface area contributed by atoms with Gasteiger partial charge in [-0.3, -0.25) is 0 Å². The summed E-state index contributed by atoms with van der Waals surface area (Å²) in [4.78, 5) is 0. The first kappa shape index (κ1) is 10.4. The first-order valence-corrected chi connectivity index (χ1v) is 5.97. The van der Waals surface area contributed by atoms with Gasteiger partial charge in [0.1, 0.15) is 0 Å². The number of ether oxygens (including phenoxy) is 1. The van der Waals surface area contributed by atoms with Crippen molar-refractivity contribution in [3.63, 3.8) is 0 Å². The van der Waals surface area contributed by atoms with Crippen molar-refractivity contribution < 1.29 is 4.74 Å². The summed E-state index contributed by atoms with van der Waals surface area (Å²) in [6.07, 6.45) is 5.09. The SMILES string of the molecule is C1CC(CNC2CCOCC2)CCN1. The maximum absolute atomic E-state index is 5.34. The third kappa shape index (κ3) is 3.23. The van der Waals surface area contributed by atoms with Crippen LogP contribution in [0.3, 0.4) is 0 Å². The molecule has 2 aliphatic rings. The van der Waals surface area contributed by atoms with Gasteiger partial charge in [-0.05, 0) is 51.2 Å². The molecule has 3 nitrogen and oxygen atoms in total. The second-order valence-electron chi connectivity index (χ2n) is 4.49. The first-order valence-electron chi connectivity index (χ1n) is 5.97. The van der Waals surface area contributed by atoms with Gasteiger partial charge in [-0.1, -0.05) is 0 Å². The van der Waals surface area contributed by atoms with Crippen LogP contribution in [0.4, 0.5) is 0 Å². The predicted octanol–water partition coefficient (Wildman–Crippen LogP) is 0.755. The van der Waals surface area contributed by atoms with E-state index in [1.165, 1.54) is 45.3 Å². The average Bonchev–Trinajstić information content (AvgIpc) is 2.29. The molecule has 0 spiro atoms. The van der Waals surface area contributed by atoms with Gasteiger partial charge in [-0.2, -0.15) is 0 Å². The molecule has 2 rings (SSSR count). The number of rotatable bonds is 3. The summed E-state index contributed by atoms with van der Waals surface area (Å²) >= 11 is 0. The summed E-state index contributed by atoms with van der Waals surface area (Å²) in [5, 5.41) is 7.09. The monoisotopic (exact) mass is 198 g/mol. The van der Waals surface area contributed by atoms with Crippen LogP contribution in [0.2, 0.25) is 0 Å². The third-order valence-electron chi connectivity index (χ3n) is 3.38. The number of hydrogen-bond acceptors (Lipinski definition) is 3. The van der Waals surface area contributed by atoms with E-state index in [4.69, 9.17) is 4.74 Å². The molecular weight excluding hydrogens is 176 g/mol. The molecule has 2 aliphatic heterocycles. The molecule has 0 bridgehead atoms. The fourth-order valence-electron chi connectivity index (χ4n) is 2.32. The smallest absolute Gasteiger partial charge is 0.0480 e. The van der Waals surface area contributed by atoms with E-state index in [9.17, 15) is 0 Å². The Balaban J connectivity index is 1.60. The average molecular weight is 198 g/mol. The van der Waals surface area contributed by atoms with Gasteiger partial charge < -0.3 is 15.4 Å². The zero-order chi connectivity index (χ0) is 9.64. The van der Waals surface area contributed by atoms with Crippen LogP contribution in [-0.4, -0.2) is 38.9 Å². The largest absolute Gasteiger partial charge is 0.381 e. The lowest BCUT2D eigenvalue weighted by Crippen LogP contribution is -2.40. The Bertz CT molecular complexity index is 133. The standard InChI is InChI=1S/C11H22N2O/c1-5-12-6-2-10(1)9-13-11-3-7-14-8-4-11/h10-13H,1-9H2. The summed E-state index contributed by atoms with van der Waals surface area (Å²) in [6, 6.07) is 0.721. The van der Waals surface area contributed by atoms with Crippen LogP contribution in [0.1, 0.15) is 25.7 Å². The van der Waals surface area contributed by atoms with Crippen molar-refractivity contribution in [2.45, 2.75) is 31.7 Å². The lowest BCUT2D eigenvalue weighted by Gasteiger charge is -2.28. The fourth-order valence-corrected chi connectivity index (χ4v) is 2.32. The molecule has 0 aliphatic carbocycles. The van der Waals surface area contributed by atoms with Gasteiger partial charge in [0.15, 0.2) is 0 Å². The Hall–Kier alpha value is -0.120. The van der Waals surface area contributed by atoms with Crippen molar-refractivity contribution in [1.82, 2.24) is 10.6 Å². The molecular formula is C11H22N2O. The van der Waals surface area contributed by atoms with Crippen molar-refractivity contribution in [3.8, 4) is 0 Å². The molecule has 0 radical (unpaired) electrons. The predicted molar refractivity (Wildman–Crippen MR) is 57.4 cm³/mol. The minimum Gasteiger partial charge on any atom is -0.381 e. The summed E-state index contributed by atoms with van der Waals surface area (Å²) in [5.41, 5.74) is 0. The zero-order valence-corrected chi connectivity index (χ0v) is 8.93. The molecule has 0 amide bonds. The van der Waals surface area contributed by atoms with Gasteiger partial charge in [0.2, 0.25) is 0 Å². The maximum atomic E-state index is 5.34. The molecule has 2 fully saturated rings. The van der Waals surface area contributed by atoms with Gasteiger partial charge in [0, 0.05) is 19.3 Å². The molecule has 0 unspecified atom stereocenters. The normalized spacial score (nSPS) is 26.6. The van der Waals surface area contributed by atoms with Crippen molar-refractivity contribution >= 4 is 0 Å². The van der Waals surface area contributed by atoms with E-state index in [0.717, 1.165) is 25.2 Å². The molecule has 82 valence electrons. The molecule has 0 atom stereocenters. The quantitative estimate of drug-likeness (QED) is 0.702. The molecule has 0 aromatic carbocycles. The second-order valence-corrected chi connectivity index (χ2v) is 4.49. The van der Waals surface area contributed by atoms with E-state index < -0.39 is 0 Å². The van der Waals surface area contributed by atoms with Crippen molar-refractivity contribution in [2.24, 2.45) is 5.92 Å². The molecule has 0 saturated carbocycles. The Morgan fingerprint density at radius 2 is 1.79 bits per heavy atom. The van der Waals surface area contributed by atoms with E-state index in [1.807, 2.05) is 0 Å². The molecule has 3 heteroatoms. The number of piperidine rings is 1. The van der Waals surface area contributed by atoms with E-state index in [2.05, 4.69) is 10.6 Å². The highest BCUT2D eigenvalue weighted by molar-refractivity contribution is 4.75. The Morgan fingerprint density at radius 3 is 2.50 bits per heavy atom. The van der Waals surface area contributed by atoms with E-state index in [0.29, 0.717) is 0 Å². The topological polar surface area (TPSA) is 33.3 Å². The van der Waals surface area contributed by atoms with Crippen molar-refractivity contribution in [1.29, 1.82) is 0 Å². The van der Waals surface area contributed by atoms with E-state index in [1.54, 1.807) is 0 Å². The summed E-state index contributed by atoms with van der Waals surface area (Å²) in [5.74, 6) is 0.902. The molecule has 0 aromatic heterocycles. The summed E-state index contributed by atoms with van der Waals surface area (Å²) in [6.45, 7) is 5.53. The van der Waals surface area contributed by atoms with Crippen molar-refractivity contribution in [2.75, 3.05) is 32.8 Å². The highest BCUT2D eigenvalue weighted by atomic mass is 16.5. The molecule has 2 saturated heterocycles. The third-order valence-corrected chi connectivity index (χ3v) is 3.38. The van der Waals surface area contributed by atoms with Crippen LogP contribution in [0.15, 0.2) is 0 Å².